The molecular formula is C28H35N7O2. The van der Waals surface area contributed by atoms with Crippen molar-refractivity contribution >= 4 is 23.4 Å². The van der Waals surface area contributed by atoms with Gasteiger partial charge < -0.3 is 26.2 Å². The number of carbonyl (C=O) groups is 2. The lowest BCUT2D eigenvalue weighted by molar-refractivity contribution is 0.0939. The number of likely N-dealkylation sites (tertiary alicyclic amines) is 1. The number of hydrogen-bond donors (Lipinski definition) is 4. The number of amides is 3. The number of anilines is 2. The van der Waals surface area contributed by atoms with Crippen LogP contribution in [0.15, 0.2) is 60.9 Å². The molecule has 9 nitrogen and oxygen atoms in total. The molecule has 0 bridgehead atoms. The Morgan fingerprint density at radius 3 is 2.51 bits per heavy atom. The molecule has 2 aromatic heterocycles. The number of urea groups is 1. The molecule has 1 aliphatic rings. The van der Waals surface area contributed by atoms with Crippen molar-refractivity contribution in [2.75, 3.05) is 43.9 Å². The third-order valence-corrected chi connectivity index (χ3v) is 6.49. The Bertz CT molecular complexity index is 1180. The van der Waals surface area contributed by atoms with Crippen LogP contribution in [0.3, 0.4) is 0 Å². The Labute approximate surface area is 218 Å². The van der Waals surface area contributed by atoms with Gasteiger partial charge in [-0.05, 0) is 81.7 Å². The van der Waals surface area contributed by atoms with Gasteiger partial charge in [-0.1, -0.05) is 18.2 Å². The average molecular weight is 502 g/mol. The minimum Gasteiger partial charge on any atom is -0.370 e. The Hall–Kier alpha value is -3.98. The third kappa shape index (κ3) is 7.50. The number of hydrogen-bond acceptors (Lipinski definition) is 6. The number of rotatable bonds is 9. The molecule has 3 amide bonds. The van der Waals surface area contributed by atoms with Gasteiger partial charge >= 0.3 is 6.03 Å². The van der Waals surface area contributed by atoms with Gasteiger partial charge in [0.05, 0.1) is 11.3 Å². The molecule has 0 spiro atoms. The summed E-state index contributed by atoms with van der Waals surface area (Å²) in [6, 6.07) is 14.6. The zero-order valence-corrected chi connectivity index (χ0v) is 21.5. The van der Waals surface area contributed by atoms with E-state index in [1.807, 2.05) is 55.5 Å². The normalized spacial score (nSPS) is 14.1. The van der Waals surface area contributed by atoms with Gasteiger partial charge in [0.25, 0.3) is 5.91 Å². The number of piperidine rings is 1. The van der Waals surface area contributed by atoms with Crippen molar-refractivity contribution in [3.05, 3.63) is 72.1 Å². The van der Waals surface area contributed by atoms with Gasteiger partial charge in [0.15, 0.2) is 0 Å². The second kappa shape index (κ2) is 12.8. The van der Waals surface area contributed by atoms with Crippen LogP contribution in [0.2, 0.25) is 0 Å². The molecule has 0 saturated carbocycles. The van der Waals surface area contributed by atoms with Gasteiger partial charge in [0, 0.05) is 43.3 Å². The molecule has 0 unspecified atom stereocenters. The molecule has 3 aromatic rings. The van der Waals surface area contributed by atoms with E-state index in [-0.39, 0.29) is 11.9 Å². The molecule has 1 saturated heterocycles. The highest BCUT2D eigenvalue weighted by atomic mass is 16.2. The Morgan fingerprint density at radius 1 is 1.03 bits per heavy atom. The maximum atomic E-state index is 12.9. The van der Waals surface area contributed by atoms with Crippen LogP contribution in [0, 0.1) is 5.92 Å². The molecule has 1 aromatic carbocycles. The Morgan fingerprint density at radius 2 is 1.81 bits per heavy atom. The summed E-state index contributed by atoms with van der Waals surface area (Å²) in [6.07, 6.45) is 5.62. The molecule has 194 valence electrons. The summed E-state index contributed by atoms with van der Waals surface area (Å²) in [6.45, 7) is 5.86. The first-order valence-electron chi connectivity index (χ1n) is 12.8. The van der Waals surface area contributed by atoms with E-state index in [2.05, 4.69) is 38.2 Å². The highest BCUT2D eigenvalue weighted by Gasteiger charge is 2.19. The van der Waals surface area contributed by atoms with Gasteiger partial charge in [-0.25, -0.2) is 9.78 Å². The third-order valence-electron chi connectivity index (χ3n) is 6.49. The summed E-state index contributed by atoms with van der Waals surface area (Å²) >= 11 is 0. The van der Waals surface area contributed by atoms with Gasteiger partial charge in [0.2, 0.25) is 0 Å². The molecule has 4 N–H and O–H groups in total. The maximum Gasteiger partial charge on any atom is 0.319 e. The smallest absolute Gasteiger partial charge is 0.319 e. The van der Waals surface area contributed by atoms with Crippen LogP contribution in [0.25, 0.3) is 11.3 Å². The molecule has 9 heteroatoms. The summed E-state index contributed by atoms with van der Waals surface area (Å²) < 4.78 is 0. The average Bonchev–Trinajstić information content (AvgIpc) is 2.92. The number of benzene rings is 1. The van der Waals surface area contributed by atoms with Gasteiger partial charge in [-0.2, -0.15) is 0 Å². The lowest BCUT2D eigenvalue weighted by Crippen LogP contribution is -2.37. The van der Waals surface area contributed by atoms with Gasteiger partial charge in [-0.15, -0.1) is 0 Å². The summed E-state index contributed by atoms with van der Waals surface area (Å²) in [4.78, 5) is 36.3. The van der Waals surface area contributed by atoms with Gasteiger partial charge in [0.1, 0.15) is 5.82 Å². The molecule has 0 radical (unpaired) electrons. The van der Waals surface area contributed by atoms with Crippen LogP contribution >= 0.6 is 0 Å². The molecule has 1 fully saturated rings. The van der Waals surface area contributed by atoms with Gasteiger partial charge in [-0.3, -0.25) is 9.78 Å². The van der Waals surface area contributed by atoms with E-state index >= 15 is 0 Å². The van der Waals surface area contributed by atoms with E-state index in [1.54, 1.807) is 12.4 Å². The van der Waals surface area contributed by atoms with Crippen molar-refractivity contribution in [1.82, 2.24) is 25.5 Å². The van der Waals surface area contributed by atoms with Crippen LogP contribution in [0.5, 0.6) is 0 Å². The second-order valence-electron chi connectivity index (χ2n) is 9.33. The Balaban J connectivity index is 1.36. The number of nitrogens with zero attached hydrogens (tertiary/aromatic N) is 3. The summed E-state index contributed by atoms with van der Waals surface area (Å²) in [7, 11) is 2.14. The SMILES string of the molecule is CCNc1nc(-c2ccc(NC(=O)NCc3cccnc3)cc2)ccc1C(=O)NCC1CCN(C)CC1. The highest BCUT2D eigenvalue weighted by molar-refractivity contribution is 5.99. The van der Waals surface area contributed by atoms with Crippen molar-refractivity contribution in [2.45, 2.75) is 26.3 Å². The molecule has 37 heavy (non-hydrogen) atoms. The minimum atomic E-state index is -0.292. The van der Waals surface area contributed by atoms with E-state index in [0.717, 1.165) is 42.8 Å². The predicted octanol–water partition coefficient (Wildman–Crippen LogP) is 3.97. The highest BCUT2D eigenvalue weighted by Crippen LogP contribution is 2.24. The minimum absolute atomic E-state index is 0.106. The predicted molar refractivity (Wildman–Crippen MR) is 146 cm³/mol. The topological polar surface area (TPSA) is 111 Å². The molecule has 0 aliphatic carbocycles. The summed E-state index contributed by atoms with van der Waals surface area (Å²) in [5, 5.41) is 12.0. The zero-order valence-electron chi connectivity index (χ0n) is 21.5. The van der Waals surface area contributed by atoms with E-state index < -0.39 is 0 Å². The molecule has 1 aliphatic heterocycles. The summed E-state index contributed by atoms with van der Waals surface area (Å²) in [5.41, 5.74) is 3.77. The Kier molecular flexibility index (Phi) is 9.04. The van der Waals surface area contributed by atoms with Crippen LogP contribution in [-0.4, -0.2) is 60.0 Å². The largest absolute Gasteiger partial charge is 0.370 e. The first-order valence-corrected chi connectivity index (χ1v) is 12.8. The quantitative estimate of drug-likeness (QED) is 0.353. The van der Waals surface area contributed by atoms with Crippen molar-refractivity contribution in [3.63, 3.8) is 0 Å². The van der Waals surface area contributed by atoms with Crippen molar-refractivity contribution < 1.29 is 9.59 Å². The van der Waals surface area contributed by atoms with E-state index in [9.17, 15) is 9.59 Å². The molecule has 3 heterocycles. The lowest BCUT2D eigenvalue weighted by atomic mass is 9.97. The van der Waals surface area contributed by atoms with Crippen LogP contribution in [0.1, 0.15) is 35.7 Å². The number of pyridine rings is 2. The van der Waals surface area contributed by atoms with E-state index in [0.29, 0.717) is 42.6 Å². The standard InChI is InChI=1S/C28H35N7O2/c1-3-30-26-24(27(36)31-18-20-12-15-35(2)16-13-20)10-11-25(34-26)22-6-8-23(9-7-22)33-28(37)32-19-21-5-4-14-29-17-21/h4-11,14,17,20H,3,12-13,15-16,18-19H2,1-2H3,(H,30,34)(H,31,36)(H2,32,33,37). The van der Waals surface area contributed by atoms with E-state index in [4.69, 9.17) is 4.98 Å². The second-order valence-corrected chi connectivity index (χ2v) is 9.33. The van der Waals surface area contributed by atoms with Crippen molar-refractivity contribution in [2.24, 2.45) is 5.92 Å². The maximum absolute atomic E-state index is 12.9. The first kappa shape index (κ1) is 26.1. The number of aromatic nitrogens is 2. The fraction of sp³-hybridized carbons (Fsp3) is 0.357. The van der Waals surface area contributed by atoms with E-state index in [1.165, 1.54) is 0 Å². The van der Waals surface area contributed by atoms with Crippen LogP contribution < -0.4 is 21.3 Å². The molecular weight excluding hydrogens is 466 g/mol. The van der Waals surface area contributed by atoms with Crippen LogP contribution in [0.4, 0.5) is 16.3 Å². The fourth-order valence-electron chi connectivity index (χ4n) is 4.29. The summed E-state index contributed by atoms with van der Waals surface area (Å²) in [5.74, 6) is 0.975. The van der Waals surface area contributed by atoms with Crippen LogP contribution in [-0.2, 0) is 6.54 Å². The molecule has 0 atom stereocenters. The zero-order chi connectivity index (χ0) is 26.0. The number of nitrogens with one attached hydrogen (secondary N) is 4. The number of carbonyl (C=O) groups excluding carboxylic acids is 2. The first-order chi connectivity index (χ1) is 18.0. The van der Waals surface area contributed by atoms with Crippen molar-refractivity contribution in [3.8, 4) is 11.3 Å². The molecule has 4 rings (SSSR count). The van der Waals surface area contributed by atoms with Crippen molar-refractivity contribution in [1.29, 1.82) is 0 Å². The monoisotopic (exact) mass is 501 g/mol. The lowest BCUT2D eigenvalue weighted by Gasteiger charge is -2.29. The fourth-order valence-corrected chi connectivity index (χ4v) is 4.29.